The number of aromatic nitrogens is 2. The van der Waals surface area contributed by atoms with Crippen LogP contribution in [0.4, 0.5) is 10.7 Å². The first-order valence-electron chi connectivity index (χ1n) is 5.54. The third-order valence-electron chi connectivity index (χ3n) is 2.25. The van der Waals surface area contributed by atoms with Gasteiger partial charge in [-0.3, -0.25) is 5.32 Å². The van der Waals surface area contributed by atoms with Gasteiger partial charge in [-0.1, -0.05) is 36.3 Å². The number of nitrogens with one attached hydrogen (secondary N) is 1. The van der Waals surface area contributed by atoms with Gasteiger partial charge in [-0.05, 0) is 5.56 Å². The number of benzene rings is 1. The number of carbonyl (C=O) groups is 1. The number of rotatable bonds is 3. The Balaban J connectivity index is 1.86. The highest BCUT2D eigenvalue weighted by Gasteiger charge is 2.05. The zero-order valence-corrected chi connectivity index (χ0v) is 10.0. The highest BCUT2D eigenvalue weighted by molar-refractivity contribution is 5.82. The number of anilines is 1. The maximum atomic E-state index is 11.5. The van der Waals surface area contributed by atoms with E-state index in [1.54, 1.807) is 0 Å². The van der Waals surface area contributed by atoms with E-state index in [-0.39, 0.29) is 12.6 Å². The average molecular weight is 253 g/mol. The second-order valence-corrected chi connectivity index (χ2v) is 3.63. The summed E-state index contributed by atoms with van der Waals surface area (Å²) in [6, 6.07) is 9.37. The standard InChI is InChI=1S/C14H11N3O2/c1-2-11-8-15-13(16-9-11)17-14(18)19-10-12-6-4-3-5-7-12/h1,3-9H,10H2,(H,15,16,17,18). The largest absolute Gasteiger partial charge is 0.444 e. The van der Waals surface area contributed by atoms with Gasteiger partial charge in [-0.15, -0.1) is 6.42 Å². The lowest BCUT2D eigenvalue weighted by molar-refractivity contribution is 0.155. The van der Waals surface area contributed by atoms with Crippen LogP contribution in [0.1, 0.15) is 11.1 Å². The van der Waals surface area contributed by atoms with Crippen molar-refractivity contribution in [3.05, 3.63) is 53.9 Å². The number of amides is 1. The van der Waals surface area contributed by atoms with E-state index in [1.807, 2.05) is 30.3 Å². The Morgan fingerprint density at radius 1 is 1.26 bits per heavy atom. The van der Waals surface area contributed by atoms with E-state index in [0.717, 1.165) is 5.56 Å². The molecule has 94 valence electrons. The fourth-order valence-corrected chi connectivity index (χ4v) is 1.32. The first-order valence-corrected chi connectivity index (χ1v) is 5.54. The van der Waals surface area contributed by atoms with E-state index in [1.165, 1.54) is 12.4 Å². The van der Waals surface area contributed by atoms with Crippen LogP contribution in [-0.2, 0) is 11.3 Å². The molecular formula is C14H11N3O2. The number of ether oxygens (including phenoxy) is 1. The molecule has 1 aromatic carbocycles. The molecule has 0 aliphatic heterocycles. The molecule has 2 aromatic rings. The fraction of sp³-hybridized carbons (Fsp3) is 0.0714. The molecule has 0 saturated carbocycles. The SMILES string of the molecule is C#Cc1cnc(NC(=O)OCc2ccccc2)nc1. The lowest BCUT2D eigenvalue weighted by atomic mass is 10.2. The predicted octanol–water partition coefficient (Wildman–Crippen LogP) is 2.21. The van der Waals surface area contributed by atoms with Gasteiger partial charge in [0.2, 0.25) is 5.95 Å². The van der Waals surface area contributed by atoms with Gasteiger partial charge in [0.15, 0.2) is 0 Å². The van der Waals surface area contributed by atoms with Crippen LogP contribution >= 0.6 is 0 Å². The molecule has 19 heavy (non-hydrogen) atoms. The number of terminal acetylenes is 1. The topological polar surface area (TPSA) is 64.1 Å². The summed E-state index contributed by atoms with van der Waals surface area (Å²) < 4.78 is 5.02. The molecule has 1 amide bonds. The van der Waals surface area contributed by atoms with Gasteiger partial charge in [0.25, 0.3) is 0 Å². The minimum atomic E-state index is -0.614. The van der Waals surface area contributed by atoms with Gasteiger partial charge in [-0.2, -0.15) is 0 Å². The lowest BCUT2D eigenvalue weighted by Gasteiger charge is -2.05. The minimum absolute atomic E-state index is 0.150. The normalized spacial score (nSPS) is 9.42. The maximum Gasteiger partial charge on any atom is 0.414 e. The Morgan fingerprint density at radius 2 is 1.95 bits per heavy atom. The molecule has 0 aliphatic rings. The Morgan fingerprint density at radius 3 is 2.58 bits per heavy atom. The second-order valence-electron chi connectivity index (χ2n) is 3.63. The number of carbonyl (C=O) groups excluding carboxylic acids is 1. The molecule has 2 rings (SSSR count). The van der Waals surface area contributed by atoms with E-state index in [2.05, 4.69) is 21.2 Å². The van der Waals surface area contributed by atoms with Gasteiger partial charge in [0.1, 0.15) is 6.61 Å². The van der Waals surface area contributed by atoms with Gasteiger partial charge in [0, 0.05) is 12.4 Å². The van der Waals surface area contributed by atoms with Gasteiger partial charge >= 0.3 is 6.09 Å². The van der Waals surface area contributed by atoms with Crippen molar-refractivity contribution in [3.8, 4) is 12.3 Å². The molecule has 0 atom stereocenters. The molecule has 5 nitrogen and oxygen atoms in total. The van der Waals surface area contributed by atoms with Crippen molar-refractivity contribution in [3.63, 3.8) is 0 Å². The molecule has 0 unspecified atom stereocenters. The summed E-state index contributed by atoms with van der Waals surface area (Å²) >= 11 is 0. The van der Waals surface area contributed by atoms with Crippen molar-refractivity contribution in [2.75, 3.05) is 5.32 Å². The van der Waals surface area contributed by atoms with Crippen LogP contribution in [0.25, 0.3) is 0 Å². The van der Waals surface area contributed by atoms with E-state index in [9.17, 15) is 4.79 Å². The van der Waals surface area contributed by atoms with Crippen LogP contribution in [0, 0.1) is 12.3 Å². The van der Waals surface area contributed by atoms with E-state index in [0.29, 0.717) is 5.56 Å². The summed E-state index contributed by atoms with van der Waals surface area (Å²) in [6.07, 6.45) is 7.45. The van der Waals surface area contributed by atoms with Crippen LogP contribution in [0.3, 0.4) is 0 Å². The molecule has 1 aromatic heterocycles. The predicted molar refractivity (Wildman–Crippen MR) is 70.2 cm³/mol. The number of hydrogen-bond acceptors (Lipinski definition) is 4. The van der Waals surface area contributed by atoms with Crippen molar-refractivity contribution in [2.45, 2.75) is 6.61 Å². The van der Waals surface area contributed by atoms with Gasteiger partial charge in [-0.25, -0.2) is 14.8 Å². The molecule has 5 heteroatoms. The molecule has 0 radical (unpaired) electrons. The molecule has 0 aliphatic carbocycles. The van der Waals surface area contributed by atoms with Crippen LogP contribution in [0.15, 0.2) is 42.7 Å². The second kappa shape index (κ2) is 6.17. The van der Waals surface area contributed by atoms with Crippen molar-refractivity contribution in [1.82, 2.24) is 9.97 Å². The van der Waals surface area contributed by atoms with Gasteiger partial charge in [0.05, 0.1) is 5.56 Å². The molecule has 1 N–H and O–H groups in total. The Bertz CT molecular complexity index is 588. The first kappa shape index (κ1) is 12.6. The third-order valence-corrected chi connectivity index (χ3v) is 2.25. The van der Waals surface area contributed by atoms with Crippen molar-refractivity contribution in [2.24, 2.45) is 0 Å². The van der Waals surface area contributed by atoms with E-state index in [4.69, 9.17) is 11.2 Å². The summed E-state index contributed by atoms with van der Waals surface area (Å²) in [4.78, 5) is 19.2. The van der Waals surface area contributed by atoms with E-state index < -0.39 is 6.09 Å². The molecule has 0 saturated heterocycles. The van der Waals surface area contributed by atoms with Crippen molar-refractivity contribution in [1.29, 1.82) is 0 Å². The lowest BCUT2D eigenvalue weighted by Crippen LogP contribution is -2.15. The molecule has 1 heterocycles. The Kier molecular flexibility index (Phi) is 4.09. The Hall–Kier alpha value is -2.87. The molecular weight excluding hydrogens is 242 g/mol. The highest BCUT2D eigenvalue weighted by Crippen LogP contribution is 2.03. The summed E-state index contributed by atoms with van der Waals surface area (Å²) in [5.41, 5.74) is 1.45. The first-order chi connectivity index (χ1) is 9.28. The van der Waals surface area contributed by atoms with Crippen molar-refractivity contribution >= 4 is 12.0 Å². The number of hydrogen-bond donors (Lipinski definition) is 1. The molecule has 0 fully saturated rings. The maximum absolute atomic E-state index is 11.5. The summed E-state index contributed by atoms with van der Waals surface area (Å²) in [5.74, 6) is 2.54. The monoisotopic (exact) mass is 253 g/mol. The van der Waals surface area contributed by atoms with Crippen LogP contribution < -0.4 is 5.32 Å². The number of nitrogens with zero attached hydrogens (tertiary/aromatic N) is 2. The smallest absolute Gasteiger partial charge is 0.414 e. The van der Waals surface area contributed by atoms with E-state index >= 15 is 0 Å². The summed E-state index contributed by atoms with van der Waals surface area (Å²) in [5, 5.41) is 2.41. The quantitative estimate of drug-likeness (QED) is 0.852. The minimum Gasteiger partial charge on any atom is -0.444 e. The molecule has 0 spiro atoms. The summed E-state index contributed by atoms with van der Waals surface area (Å²) in [7, 11) is 0. The zero-order valence-electron chi connectivity index (χ0n) is 10.0. The van der Waals surface area contributed by atoms with Crippen LogP contribution in [0.2, 0.25) is 0 Å². The zero-order chi connectivity index (χ0) is 13.5. The van der Waals surface area contributed by atoms with Crippen molar-refractivity contribution < 1.29 is 9.53 Å². The summed E-state index contributed by atoms with van der Waals surface area (Å²) in [6.45, 7) is 0.190. The van der Waals surface area contributed by atoms with Crippen LogP contribution in [-0.4, -0.2) is 16.1 Å². The van der Waals surface area contributed by atoms with Gasteiger partial charge < -0.3 is 4.74 Å². The van der Waals surface area contributed by atoms with Crippen LogP contribution in [0.5, 0.6) is 0 Å². The molecule has 0 bridgehead atoms. The third kappa shape index (κ3) is 3.82. The highest BCUT2D eigenvalue weighted by atomic mass is 16.5. The average Bonchev–Trinajstić information content (AvgIpc) is 2.47. The Labute approximate surface area is 110 Å². The fourth-order valence-electron chi connectivity index (χ4n) is 1.32.